The molecule has 4 aromatic rings. The average Bonchev–Trinajstić information content (AvgIpc) is 2.74. The molecule has 1 heterocycles. The number of rotatable bonds is 4. The Morgan fingerprint density at radius 3 is 2.37 bits per heavy atom. The Morgan fingerprint density at radius 1 is 0.889 bits per heavy atom. The second kappa shape index (κ2) is 7.42. The number of carbonyl (C=O) groups excluding carboxylic acids is 1. The lowest BCUT2D eigenvalue weighted by molar-refractivity contribution is 0.102. The van der Waals surface area contributed by atoms with Crippen molar-refractivity contribution < 1.29 is 4.79 Å². The summed E-state index contributed by atoms with van der Waals surface area (Å²) in [5, 5.41) is 5.23. The Balaban J connectivity index is 1.51. The van der Waals surface area contributed by atoms with Crippen molar-refractivity contribution in [2.45, 2.75) is 13.3 Å². The highest BCUT2D eigenvalue weighted by molar-refractivity contribution is 6.05. The summed E-state index contributed by atoms with van der Waals surface area (Å²) in [6.07, 6.45) is 2.87. The molecular weight excluding hydrogens is 332 g/mol. The number of hydrogen-bond donors (Lipinski definition) is 1. The van der Waals surface area contributed by atoms with E-state index in [1.54, 1.807) is 0 Å². The van der Waals surface area contributed by atoms with E-state index < -0.39 is 0 Å². The first-order valence-corrected chi connectivity index (χ1v) is 9.08. The van der Waals surface area contributed by atoms with Gasteiger partial charge in [-0.3, -0.25) is 9.78 Å². The molecule has 0 saturated heterocycles. The molecule has 27 heavy (non-hydrogen) atoms. The summed E-state index contributed by atoms with van der Waals surface area (Å²) in [4.78, 5) is 17.0. The van der Waals surface area contributed by atoms with Crippen molar-refractivity contribution in [2.75, 3.05) is 5.32 Å². The summed E-state index contributed by atoms with van der Waals surface area (Å²) in [7, 11) is 0. The standard InChI is InChI=1S/C24H20N2O/c1-2-17-7-14-23(25-16-17)19-8-10-20(11-9-19)24(27)26-22-13-12-18-5-3-4-6-21(18)15-22/h3-16H,2H2,1H3,(H,26,27). The maximum atomic E-state index is 12.6. The van der Waals surface area contributed by atoms with E-state index in [0.717, 1.165) is 34.1 Å². The molecule has 0 aliphatic carbocycles. The van der Waals surface area contributed by atoms with Crippen LogP contribution in [0.1, 0.15) is 22.8 Å². The van der Waals surface area contributed by atoms with E-state index in [1.165, 1.54) is 5.56 Å². The largest absolute Gasteiger partial charge is 0.322 e. The zero-order valence-electron chi connectivity index (χ0n) is 15.1. The molecule has 3 nitrogen and oxygen atoms in total. The fraction of sp³-hybridized carbons (Fsp3) is 0.0833. The van der Waals surface area contributed by atoms with Crippen molar-refractivity contribution in [3.8, 4) is 11.3 Å². The Hall–Kier alpha value is -3.46. The van der Waals surface area contributed by atoms with Crippen LogP contribution in [-0.4, -0.2) is 10.9 Å². The van der Waals surface area contributed by atoms with Gasteiger partial charge in [0.05, 0.1) is 5.69 Å². The van der Waals surface area contributed by atoms with E-state index in [1.807, 2.05) is 72.9 Å². The van der Waals surface area contributed by atoms with E-state index in [9.17, 15) is 4.79 Å². The van der Waals surface area contributed by atoms with Gasteiger partial charge in [-0.05, 0) is 53.1 Å². The summed E-state index contributed by atoms with van der Waals surface area (Å²) in [5.41, 5.74) is 4.54. The van der Waals surface area contributed by atoms with Gasteiger partial charge in [-0.15, -0.1) is 0 Å². The van der Waals surface area contributed by atoms with Crippen molar-refractivity contribution >= 4 is 22.4 Å². The van der Waals surface area contributed by atoms with Crippen LogP contribution in [0.3, 0.4) is 0 Å². The summed E-state index contributed by atoms with van der Waals surface area (Å²) in [6, 6.07) is 25.7. The van der Waals surface area contributed by atoms with Gasteiger partial charge in [-0.2, -0.15) is 0 Å². The van der Waals surface area contributed by atoms with Crippen LogP contribution in [-0.2, 0) is 6.42 Å². The highest BCUT2D eigenvalue weighted by Gasteiger charge is 2.08. The lowest BCUT2D eigenvalue weighted by Crippen LogP contribution is -2.11. The smallest absolute Gasteiger partial charge is 0.255 e. The normalized spacial score (nSPS) is 10.7. The van der Waals surface area contributed by atoms with Gasteiger partial charge in [0.25, 0.3) is 5.91 Å². The second-order valence-electron chi connectivity index (χ2n) is 6.50. The number of pyridine rings is 1. The molecule has 0 spiro atoms. The molecule has 1 aromatic heterocycles. The van der Waals surface area contributed by atoms with Crippen LogP contribution in [0.15, 0.2) is 85.1 Å². The molecule has 0 fully saturated rings. The summed E-state index contributed by atoms with van der Waals surface area (Å²) in [6.45, 7) is 2.11. The van der Waals surface area contributed by atoms with E-state index >= 15 is 0 Å². The molecule has 0 radical (unpaired) electrons. The predicted molar refractivity (Wildman–Crippen MR) is 111 cm³/mol. The Labute approximate surface area is 158 Å². The molecule has 132 valence electrons. The fourth-order valence-corrected chi connectivity index (χ4v) is 3.07. The SMILES string of the molecule is CCc1ccc(-c2ccc(C(=O)Nc3ccc4ccccc4c3)cc2)nc1. The number of aryl methyl sites for hydroxylation is 1. The van der Waals surface area contributed by atoms with Gasteiger partial charge in [0.2, 0.25) is 0 Å². The minimum atomic E-state index is -0.119. The molecule has 1 N–H and O–H groups in total. The minimum absolute atomic E-state index is 0.119. The van der Waals surface area contributed by atoms with Crippen molar-refractivity contribution in [2.24, 2.45) is 0 Å². The van der Waals surface area contributed by atoms with Crippen LogP contribution in [0.5, 0.6) is 0 Å². The molecule has 1 amide bonds. The lowest BCUT2D eigenvalue weighted by atomic mass is 10.1. The number of nitrogens with zero attached hydrogens (tertiary/aromatic N) is 1. The van der Waals surface area contributed by atoms with Crippen LogP contribution >= 0.6 is 0 Å². The zero-order chi connectivity index (χ0) is 18.6. The fourth-order valence-electron chi connectivity index (χ4n) is 3.07. The van der Waals surface area contributed by atoms with Crippen LogP contribution in [0, 0.1) is 0 Å². The third kappa shape index (κ3) is 3.72. The molecule has 3 heteroatoms. The number of anilines is 1. The van der Waals surface area contributed by atoms with E-state index in [-0.39, 0.29) is 5.91 Å². The number of amides is 1. The highest BCUT2D eigenvalue weighted by Crippen LogP contribution is 2.21. The first-order valence-electron chi connectivity index (χ1n) is 9.08. The van der Waals surface area contributed by atoms with Gasteiger partial charge in [0.15, 0.2) is 0 Å². The van der Waals surface area contributed by atoms with Crippen molar-refractivity contribution in [1.82, 2.24) is 4.98 Å². The minimum Gasteiger partial charge on any atom is -0.322 e. The van der Waals surface area contributed by atoms with Crippen LogP contribution in [0.2, 0.25) is 0 Å². The van der Waals surface area contributed by atoms with Gasteiger partial charge in [0.1, 0.15) is 0 Å². The molecular formula is C24H20N2O. The highest BCUT2D eigenvalue weighted by atomic mass is 16.1. The van der Waals surface area contributed by atoms with Crippen molar-refractivity contribution in [3.63, 3.8) is 0 Å². The van der Waals surface area contributed by atoms with E-state index in [4.69, 9.17) is 0 Å². The maximum Gasteiger partial charge on any atom is 0.255 e. The van der Waals surface area contributed by atoms with Crippen molar-refractivity contribution in [1.29, 1.82) is 0 Å². The summed E-state index contributed by atoms with van der Waals surface area (Å²) >= 11 is 0. The number of carbonyl (C=O) groups is 1. The molecule has 0 bridgehead atoms. The summed E-state index contributed by atoms with van der Waals surface area (Å²) in [5.74, 6) is -0.119. The molecule has 0 saturated carbocycles. The van der Waals surface area contributed by atoms with Gasteiger partial charge in [-0.25, -0.2) is 0 Å². The topological polar surface area (TPSA) is 42.0 Å². The van der Waals surface area contributed by atoms with E-state index in [0.29, 0.717) is 5.56 Å². The predicted octanol–water partition coefficient (Wildman–Crippen LogP) is 5.72. The first-order chi connectivity index (χ1) is 13.2. The summed E-state index contributed by atoms with van der Waals surface area (Å²) < 4.78 is 0. The average molecular weight is 352 g/mol. The van der Waals surface area contributed by atoms with E-state index in [2.05, 4.69) is 29.4 Å². The molecule has 0 unspecified atom stereocenters. The quantitative estimate of drug-likeness (QED) is 0.510. The molecule has 0 aliphatic heterocycles. The lowest BCUT2D eigenvalue weighted by Gasteiger charge is -2.08. The van der Waals surface area contributed by atoms with Gasteiger partial charge in [-0.1, -0.05) is 55.5 Å². The van der Waals surface area contributed by atoms with Crippen LogP contribution in [0.4, 0.5) is 5.69 Å². The molecule has 3 aromatic carbocycles. The monoisotopic (exact) mass is 352 g/mol. The van der Waals surface area contributed by atoms with Gasteiger partial charge < -0.3 is 5.32 Å². The Morgan fingerprint density at radius 2 is 1.67 bits per heavy atom. The number of fused-ring (bicyclic) bond motifs is 1. The zero-order valence-corrected chi connectivity index (χ0v) is 15.1. The number of aromatic nitrogens is 1. The van der Waals surface area contributed by atoms with Crippen LogP contribution < -0.4 is 5.32 Å². The van der Waals surface area contributed by atoms with Gasteiger partial charge in [0, 0.05) is 23.0 Å². The Kier molecular flexibility index (Phi) is 4.67. The third-order valence-corrected chi connectivity index (χ3v) is 4.68. The van der Waals surface area contributed by atoms with Crippen molar-refractivity contribution in [3.05, 3.63) is 96.2 Å². The maximum absolute atomic E-state index is 12.6. The number of hydrogen-bond acceptors (Lipinski definition) is 2. The molecule has 0 atom stereocenters. The molecule has 0 aliphatic rings. The number of nitrogens with one attached hydrogen (secondary N) is 1. The van der Waals surface area contributed by atoms with Crippen LogP contribution in [0.25, 0.3) is 22.0 Å². The number of benzene rings is 3. The first kappa shape index (κ1) is 17.0. The Bertz CT molecular complexity index is 1080. The second-order valence-corrected chi connectivity index (χ2v) is 6.50. The third-order valence-electron chi connectivity index (χ3n) is 4.68. The molecule has 4 rings (SSSR count). The van der Waals surface area contributed by atoms with Gasteiger partial charge >= 0.3 is 0 Å².